The average Bonchev–Trinajstić information content (AvgIpc) is 2.76. The van der Waals surface area contributed by atoms with Crippen molar-refractivity contribution in [3.05, 3.63) is 29.8 Å². The molecular weight excluding hydrogens is 314 g/mol. The summed E-state index contributed by atoms with van der Waals surface area (Å²) in [6.07, 6.45) is 0.413. The van der Waals surface area contributed by atoms with Crippen LogP contribution in [0.25, 0.3) is 0 Å². The van der Waals surface area contributed by atoms with Gasteiger partial charge in [0.25, 0.3) is 0 Å². The van der Waals surface area contributed by atoms with Crippen LogP contribution < -0.4 is 4.90 Å². The number of ether oxygens (including phenoxy) is 1. The van der Waals surface area contributed by atoms with E-state index < -0.39 is 10.8 Å². The van der Waals surface area contributed by atoms with Gasteiger partial charge in [0, 0.05) is 18.4 Å². The van der Waals surface area contributed by atoms with E-state index in [0.717, 1.165) is 4.90 Å². The van der Waals surface area contributed by atoms with Gasteiger partial charge in [0.05, 0.1) is 12.8 Å². The molecule has 0 saturated carbocycles. The van der Waals surface area contributed by atoms with E-state index in [4.69, 9.17) is 0 Å². The van der Waals surface area contributed by atoms with Gasteiger partial charge in [-0.15, -0.1) is 0 Å². The number of imide groups is 1. The largest absolute Gasteiger partial charge is 0.468 e. The van der Waals surface area contributed by atoms with E-state index in [1.54, 1.807) is 24.3 Å². The Morgan fingerprint density at radius 1 is 1.26 bits per heavy atom. The number of nitrogens with zero attached hydrogens (tertiary/aromatic N) is 1. The first-order valence-electron chi connectivity index (χ1n) is 5.73. The van der Waals surface area contributed by atoms with Crippen molar-refractivity contribution in [2.75, 3.05) is 12.0 Å². The molecule has 100 valence electrons. The van der Waals surface area contributed by atoms with Crippen LogP contribution in [0.5, 0.6) is 0 Å². The number of carbonyl (C=O) groups is 3. The summed E-state index contributed by atoms with van der Waals surface area (Å²) in [5.41, 5.74) is 0.972. The summed E-state index contributed by atoms with van der Waals surface area (Å²) in [4.78, 5) is 35.5. The van der Waals surface area contributed by atoms with Gasteiger partial charge < -0.3 is 4.74 Å². The van der Waals surface area contributed by atoms with Gasteiger partial charge in [0.15, 0.2) is 0 Å². The van der Waals surface area contributed by atoms with Gasteiger partial charge in [-0.05, 0) is 6.07 Å². The van der Waals surface area contributed by atoms with Crippen molar-refractivity contribution in [2.24, 2.45) is 0 Å². The number of hydrogen-bond acceptors (Lipinski definition) is 4. The number of anilines is 1. The molecule has 1 fully saturated rings. The van der Waals surface area contributed by atoms with Gasteiger partial charge in [-0.1, -0.05) is 34.1 Å². The Hall–Kier alpha value is -1.69. The second-order valence-corrected chi connectivity index (χ2v) is 4.98. The minimum absolute atomic E-state index is 0.207. The van der Waals surface area contributed by atoms with Crippen LogP contribution in [-0.2, 0) is 19.1 Å². The molecule has 1 aliphatic rings. The Morgan fingerprint density at radius 3 is 2.42 bits per heavy atom. The fraction of sp³-hybridized carbons (Fsp3) is 0.308. The Kier molecular flexibility index (Phi) is 3.99. The summed E-state index contributed by atoms with van der Waals surface area (Å²) >= 11 is 3.23. The molecule has 1 aromatic carbocycles. The zero-order chi connectivity index (χ0) is 14.0. The molecule has 5 nitrogen and oxygen atoms in total. The lowest BCUT2D eigenvalue weighted by molar-refractivity contribution is -0.140. The molecule has 0 N–H and O–H groups in total. The van der Waals surface area contributed by atoms with Crippen molar-refractivity contribution in [1.29, 1.82) is 0 Å². The molecule has 0 radical (unpaired) electrons. The number of amides is 2. The van der Waals surface area contributed by atoms with Crippen molar-refractivity contribution in [2.45, 2.75) is 17.7 Å². The van der Waals surface area contributed by atoms with Gasteiger partial charge >= 0.3 is 5.97 Å². The highest BCUT2D eigenvalue weighted by Crippen LogP contribution is 2.34. The first-order valence-corrected chi connectivity index (χ1v) is 6.64. The Morgan fingerprint density at radius 2 is 1.84 bits per heavy atom. The van der Waals surface area contributed by atoms with E-state index in [2.05, 4.69) is 20.7 Å². The number of benzene rings is 1. The van der Waals surface area contributed by atoms with Gasteiger partial charge in [0.2, 0.25) is 11.8 Å². The van der Waals surface area contributed by atoms with Crippen LogP contribution in [0.2, 0.25) is 0 Å². The lowest BCUT2D eigenvalue weighted by atomic mass is 10.1. The smallest absolute Gasteiger partial charge is 0.324 e. The first-order chi connectivity index (χ1) is 9.06. The lowest BCUT2D eigenvalue weighted by Crippen LogP contribution is -2.30. The average molecular weight is 326 g/mol. The summed E-state index contributed by atoms with van der Waals surface area (Å²) in [5.74, 6) is -0.976. The maximum absolute atomic E-state index is 11.8. The summed E-state index contributed by atoms with van der Waals surface area (Å²) in [6, 6.07) is 6.79. The topological polar surface area (TPSA) is 63.7 Å². The molecule has 1 heterocycles. The minimum Gasteiger partial charge on any atom is -0.468 e. The fourth-order valence-corrected chi connectivity index (χ4v) is 2.56. The van der Waals surface area contributed by atoms with E-state index >= 15 is 0 Å². The molecule has 1 aliphatic heterocycles. The predicted molar refractivity (Wildman–Crippen MR) is 71.9 cm³/mol. The van der Waals surface area contributed by atoms with E-state index in [0.29, 0.717) is 11.3 Å². The maximum Gasteiger partial charge on any atom is 0.324 e. The number of halogens is 1. The summed E-state index contributed by atoms with van der Waals surface area (Å²) in [5, 5.41) is 0. The van der Waals surface area contributed by atoms with E-state index in [1.165, 1.54) is 7.11 Å². The molecular formula is C13H12BrNO4. The SMILES string of the molecule is COC(=O)C(Br)c1ccccc1N1C(=O)CCC1=O. The molecule has 0 aromatic heterocycles. The van der Waals surface area contributed by atoms with Gasteiger partial charge in [-0.25, -0.2) is 0 Å². The number of rotatable bonds is 3. The Labute approximate surface area is 118 Å². The molecule has 0 aliphatic carbocycles. The summed E-state index contributed by atoms with van der Waals surface area (Å²) in [6.45, 7) is 0. The van der Waals surface area contributed by atoms with Crippen LogP contribution >= 0.6 is 15.9 Å². The fourth-order valence-electron chi connectivity index (χ4n) is 1.98. The van der Waals surface area contributed by atoms with Crippen LogP contribution in [0.3, 0.4) is 0 Å². The highest BCUT2D eigenvalue weighted by molar-refractivity contribution is 9.09. The van der Waals surface area contributed by atoms with Gasteiger partial charge in [0.1, 0.15) is 4.83 Å². The monoisotopic (exact) mass is 325 g/mol. The number of hydrogen-bond donors (Lipinski definition) is 0. The summed E-state index contributed by atoms with van der Waals surface area (Å²) in [7, 11) is 1.28. The zero-order valence-corrected chi connectivity index (χ0v) is 11.8. The predicted octanol–water partition coefficient (Wildman–Crippen LogP) is 1.95. The number of methoxy groups -OCH3 is 1. The number of carbonyl (C=O) groups excluding carboxylic acids is 3. The van der Waals surface area contributed by atoms with Crippen LogP contribution in [0, 0.1) is 0 Å². The highest BCUT2D eigenvalue weighted by atomic mass is 79.9. The van der Waals surface area contributed by atoms with E-state index in [-0.39, 0.29) is 24.7 Å². The molecule has 2 rings (SSSR count). The molecule has 6 heteroatoms. The third-order valence-electron chi connectivity index (χ3n) is 2.91. The standard InChI is InChI=1S/C13H12BrNO4/c1-19-13(18)12(14)8-4-2-3-5-9(8)15-10(16)6-7-11(15)17/h2-5,12H,6-7H2,1H3. The second-order valence-electron chi connectivity index (χ2n) is 4.07. The van der Waals surface area contributed by atoms with Crippen molar-refractivity contribution >= 4 is 39.4 Å². The van der Waals surface area contributed by atoms with Gasteiger partial charge in [-0.3, -0.25) is 19.3 Å². The molecule has 2 amide bonds. The lowest BCUT2D eigenvalue weighted by Gasteiger charge is -2.19. The molecule has 19 heavy (non-hydrogen) atoms. The highest BCUT2D eigenvalue weighted by Gasteiger charge is 2.33. The molecule has 1 atom stereocenters. The van der Waals surface area contributed by atoms with E-state index in [1.807, 2.05) is 0 Å². The minimum atomic E-state index is -0.713. The van der Waals surface area contributed by atoms with Crippen LogP contribution in [-0.4, -0.2) is 24.9 Å². The van der Waals surface area contributed by atoms with Crippen molar-refractivity contribution < 1.29 is 19.1 Å². The Bertz CT molecular complexity index is 527. The Balaban J connectivity index is 2.44. The van der Waals surface area contributed by atoms with Crippen LogP contribution in [0.4, 0.5) is 5.69 Å². The first kappa shape index (κ1) is 13.7. The molecule has 0 bridgehead atoms. The number of para-hydroxylation sites is 1. The number of esters is 1. The van der Waals surface area contributed by atoms with Crippen molar-refractivity contribution in [3.63, 3.8) is 0 Å². The van der Waals surface area contributed by atoms with Crippen molar-refractivity contribution in [3.8, 4) is 0 Å². The van der Waals surface area contributed by atoms with Crippen LogP contribution in [0.1, 0.15) is 23.2 Å². The zero-order valence-electron chi connectivity index (χ0n) is 10.3. The third-order valence-corrected chi connectivity index (χ3v) is 3.78. The summed E-state index contributed by atoms with van der Waals surface area (Å²) < 4.78 is 4.66. The van der Waals surface area contributed by atoms with Crippen LogP contribution in [0.15, 0.2) is 24.3 Å². The second kappa shape index (κ2) is 5.52. The molecule has 0 spiro atoms. The molecule has 1 unspecified atom stereocenters. The normalized spacial score (nSPS) is 16.6. The molecule has 1 aromatic rings. The quantitative estimate of drug-likeness (QED) is 0.484. The van der Waals surface area contributed by atoms with Gasteiger partial charge in [-0.2, -0.15) is 0 Å². The van der Waals surface area contributed by atoms with E-state index in [9.17, 15) is 14.4 Å². The van der Waals surface area contributed by atoms with Crippen molar-refractivity contribution in [1.82, 2.24) is 0 Å². The maximum atomic E-state index is 11.8. The molecule has 1 saturated heterocycles. The third kappa shape index (κ3) is 2.53. The number of alkyl halides is 1.